The molecule has 1 aromatic rings. The van der Waals surface area contributed by atoms with E-state index >= 15 is 0 Å². The number of rotatable bonds is 4. The average Bonchev–Trinajstić information content (AvgIpc) is 2.10. The molecule has 0 aliphatic heterocycles. The van der Waals surface area contributed by atoms with Crippen LogP contribution in [0.15, 0.2) is 22.7 Å². The summed E-state index contributed by atoms with van der Waals surface area (Å²) >= 11 is 3.58. The van der Waals surface area contributed by atoms with Crippen LogP contribution in [-0.2, 0) is 6.42 Å². The van der Waals surface area contributed by atoms with Crippen LogP contribution in [0.5, 0.6) is 0 Å². The molecule has 0 aliphatic carbocycles. The summed E-state index contributed by atoms with van der Waals surface area (Å²) in [6.45, 7) is 3.25. The third-order valence-electron chi connectivity index (χ3n) is 2.21. The van der Waals surface area contributed by atoms with Crippen LogP contribution in [0.1, 0.15) is 17.5 Å². The van der Waals surface area contributed by atoms with Gasteiger partial charge in [-0.15, -0.1) is 0 Å². The number of aryl methyl sites for hydroxylation is 1. The summed E-state index contributed by atoms with van der Waals surface area (Å²) in [5.41, 5.74) is 2.82. The summed E-state index contributed by atoms with van der Waals surface area (Å²) in [5, 5.41) is 3.16. The SMILES string of the molecule is CNCCCc1c(C)cccc1Br. The lowest BCUT2D eigenvalue weighted by atomic mass is 10.0. The molecule has 1 nitrogen and oxygen atoms in total. The third-order valence-corrected chi connectivity index (χ3v) is 2.95. The first kappa shape index (κ1) is 10.7. The second kappa shape index (κ2) is 5.40. The van der Waals surface area contributed by atoms with E-state index in [9.17, 15) is 0 Å². The van der Waals surface area contributed by atoms with Crippen molar-refractivity contribution in [3.8, 4) is 0 Å². The van der Waals surface area contributed by atoms with Gasteiger partial charge in [0.25, 0.3) is 0 Å². The molecule has 72 valence electrons. The molecule has 2 heteroatoms. The van der Waals surface area contributed by atoms with Gasteiger partial charge >= 0.3 is 0 Å². The summed E-state index contributed by atoms with van der Waals surface area (Å²) in [6, 6.07) is 6.36. The highest BCUT2D eigenvalue weighted by Crippen LogP contribution is 2.21. The van der Waals surface area contributed by atoms with Crippen molar-refractivity contribution in [1.82, 2.24) is 5.32 Å². The Morgan fingerprint density at radius 2 is 2.15 bits per heavy atom. The maximum absolute atomic E-state index is 3.58. The van der Waals surface area contributed by atoms with Gasteiger partial charge in [0.05, 0.1) is 0 Å². The Kier molecular flexibility index (Phi) is 4.46. The van der Waals surface area contributed by atoms with Gasteiger partial charge in [-0.2, -0.15) is 0 Å². The van der Waals surface area contributed by atoms with E-state index in [4.69, 9.17) is 0 Å². The zero-order valence-corrected chi connectivity index (χ0v) is 9.82. The van der Waals surface area contributed by atoms with Crippen LogP contribution < -0.4 is 5.32 Å². The fourth-order valence-electron chi connectivity index (χ4n) is 1.42. The Morgan fingerprint density at radius 1 is 1.38 bits per heavy atom. The van der Waals surface area contributed by atoms with Crippen LogP contribution in [0.25, 0.3) is 0 Å². The second-order valence-electron chi connectivity index (χ2n) is 3.24. The molecule has 1 rings (SSSR count). The van der Waals surface area contributed by atoms with Crippen LogP contribution in [0.3, 0.4) is 0 Å². The van der Waals surface area contributed by atoms with E-state index in [1.54, 1.807) is 0 Å². The van der Waals surface area contributed by atoms with Gasteiger partial charge in [0.2, 0.25) is 0 Å². The molecule has 1 N–H and O–H groups in total. The molecular formula is C11H16BrN. The van der Waals surface area contributed by atoms with Gasteiger partial charge < -0.3 is 5.32 Å². The fourth-order valence-corrected chi connectivity index (χ4v) is 2.09. The van der Waals surface area contributed by atoms with E-state index in [2.05, 4.69) is 46.4 Å². The first-order valence-electron chi connectivity index (χ1n) is 4.64. The van der Waals surface area contributed by atoms with E-state index in [1.807, 2.05) is 7.05 Å². The minimum absolute atomic E-state index is 1.08. The fraction of sp³-hybridized carbons (Fsp3) is 0.455. The van der Waals surface area contributed by atoms with Crippen LogP contribution in [0, 0.1) is 6.92 Å². The number of benzene rings is 1. The highest BCUT2D eigenvalue weighted by atomic mass is 79.9. The van der Waals surface area contributed by atoms with E-state index < -0.39 is 0 Å². The molecule has 0 unspecified atom stereocenters. The maximum Gasteiger partial charge on any atom is 0.0209 e. The first-order valence-corrected chi connectivity index (χ1v) is 5.43. The van der Waals surface area contributed by atoms with Gasteiger partial charge in [0.1, 0.15) is 0 Å². The van der Waals surface area contributed by atoms with Crippen molar-refractivity contribution in [3.63, 3.8) is 0 Å². The lowest BCUT2D eigenvalue weighted by Crippen LogP contribution is -2.08. The van der Waals surface area contributed by atoms with Crippen molar-refractivity contribution in [2.45, 2.75) is 19.8 Å². The van der Waals surface area contributed by atoms with E-state index in [0.29, 0.717) is 0 Å². The summed E-state index contributed by atoms with van der Waals surface area (Å²) in [4.78, 5) is 0. The number of hydrogen-bond donors (Lipinski definition) is 1. The molecule has 0 fully saturated rings. The van der Waals surface area contributed by atoms with Crippen LogP contribution in [0.2, 0.25) is 0 Å². The molecule has 0 saturated heterocycles. The van der Waals surface area contributed by atoms with Crippen molar-refractivity contribution in [3.05, 3.63) is 33.8 Å². The molecule has 0 saturated carbocycles. The first-order chi connectivity index (χ1) is 6.25. The predicted molar refractivity (Wildman–Crippen MR) is 61.1 cm³/mol. The highest BCUT2D eigenvalue weighted by molar-refractivity contribution is 9.10. The van der Waals surface area contributed by atoms with Crippen LogP contribution in [-0.4, -0.2) is 13.6 Å². The van der Waals surface area contributed by atoms with E-state index in [-0.39, 0.29) is 0 Å². The topological polar surface area (TPSA) is 12.0 Å². The standard InChI is InChI=1S/C11H16BrN/c1-9-5-3-7-11(12)10(9)6-4-8-13-2/h3,5,7,13H,4,6,8H2,1-2H3. The molecule has 13 heavy (non-hydrogen) atoms. The van der Waals surface area contributed by atoms with Crippen molar-refractivity contribution in [2.75, 3.05) is 13.6 Å². The lowest BCUT2D eigenvalue weighted by molar-refractivity contribution is 0.721. The Bertz CT molecular complexity index is 251. The zero-order valence-electron chi connectivity index (χ0n) is 8.23. The number of hydrogen-bond acceptors (Lipinski definition) is 1. The van der Waals surface area contributed by atoms with Gasteiger partial charge in [-0.25, -0.2) is 0 Å². The molecule has 0 radical (unpaired) electrons. The Hall–Kier alpha value is -0.340. The predicted octanol–water partition coefficient (Wildman–Crippen LogP) is 2.91. The lowest BCUT2D eigenvalue weighted by Gasteiger charge is -2.07. The van der Waals surface area contributed by atoms with Gasteiger partial charge in [0.15, 0.2) is 0 Å². The van der Waals surface area contributed by atoms with Crippen molar-refractivity contribution >= 4 is 15.9 Å². The molecule has 0 heterocycles. The summed E-state index contributed by atoms with van der Waals surface area (Å²) in [7, 11) is 1.99. The quantitative estimate of drug-likeness (QED) is 0.800. The second-order valence-corrected chi connectivity index (χ2v) is 4.10. The van der Waals surface area contributed by atoms with Gasteiger partial charge in [0, 0.05) is 4.47 Å². The molecule has 0 spiro atoms. The zero-order chi connectivity index (χ0) is 9.68. The molecule has 0 aliphatic rings. The van der Waals surface area contributed by atoms with Crippen molar-refractivity contribution < 1.29 is 0 Å². The highest BCUT2D eigenvalue weighted by Gasteiger charge is 2.01. The monoisotopic (exact) mass is 241 g/mol. The van der Waals surface area contributed by atoms with E-state index in [0.717, 1.165) is 13.0 Å². The van der Waals surface area contributed by atoms with Crippen molar-refractivity contribution in [1.29, 1.82) is 0 Å². The number of halogens is 1. The smallest absolute Gasteiger partial charge is 0.0209 e. The molecule has 0 aromatic heterocycles. The largest absolute Gasteiger partial charge is 0.320 e. The molecule has 0 atom stereocenters. The van der Waals surface area contributed by atoms with Crippen LogP contribution in [0.4, 0.5) is 0 Å². The summed E-state index contributed by atoms with van der Waals surface area (Å²) in [6.07, 6.45) is 2.34. The summed E-state index contributed by atoms with van der Waals surface area (Å²) < 4.78 is 1.24. The molecule has 1 aromatic carbocycles. The minimum atomic E-state index is 1.08. The average molecular weight is 242 g/mol. The van der Waals surface area contributed by atoms with Crippen LogP contribution >= 0.6 is 15.9 Å². The molecule has 0 amide bonds. The maximum atomic E-state index is 3.58. The van der Waals surface area contributed by atoms with Gasteiger partial charge in [-0.05, 0) is 50.6 Å². The molecule has 0 bridgehead atoms. The Labute approximate surface area is 88.7 Å². The summed E-state index contributed by atoms with van der Waals surface area (Å²) in [5.74, 6) is 0. The Balaban J connectivity index is 2.64. The van der Waals surface area contributed by atoms with E-state index in [1.165, 1.54) is 22.0 Å². The minimum Gasteiger partial charge on any atom is -0.320 e. The van der Waals surface area contributed by atoms with Crippen molar-refractivity contribution in [2.24, 2.45) is 0 Å². The Morgan fingerprint density at radius 3 is 2.77 bits per heavy atom. The number of nitrogens with one attached hydrogen (secondary N) is 1. The van der Waals surface area contributed by atoms with Gasteiger partial charge in [-0.1, -0.05) is 28.1 Å². The normalized spacial score (nSPS) is 10.4. The third kappa shape index (κ3) is 3.12. The molecular weight excluding hydrogens is 226 g/mol. The van der Waals surface area contributed by atoms with Gasteiger partial charge in [-0.3, -0.25) is 0 Å².